The van der Waals surface area contributed by atoms with E-state index in [9.17, 15) is 15.3 Å². The zero-order chi connectivity index (χ0) is 15.7. The maximum Gasteiger partial charge on any atom is 0.184 e. The van der Waals surface area contributed by atoms with Crippen molar-refractivity contribution in [3.63, 3.8) is 0 Å². The van der Waals surface area contributed by atoms with Crippen molar-refractivity contribution in [2.24, 2.45) is 21.7 Å². The summed E-state index contributed by atoms with van der Waals surface area (Å²) in [4.78, 5) is 0. The summed E-state index contributed by atoms with van der Waals surface area (Å²) in [5.74, 6) is 0. The Labute approximate surface area is 125 Å². The smallest absolute Gasteiger partial charge is 0.184 e. The van der Waals surface area contributed by atoms with Crippen molar-refractivity contribution in [1.29, 1.82) is 0 Å². The average Bonchev–Trinajstić information content (AvgIpc) is 2.39. The first-order valence-corrected chi connectivity index (χ1v) is 5.97. The monoisotopic (exact) mass is 324 g/mol. The van der Waals surface area contributed by atoms with E-state index in [0.717, 1.165) is 6.21 Å². The van der Waals surface area contributed by atoms with Gasteiger partial charge in [0.1, 0.15) is 24.0 Å². The van der Waals surface area contributed by atoms with Crippen molar-refractivity contribution in [1.82, 2.24) is 10.9 Å². The first-order valence-electron chi connectivity index (χ1n) is 5.16. The summed E-state index contributed by atoms with van der Waals surface area (Å²) < 4.78 is 0. The van der Waals surface area contributed by atoms with Crippen molar-refractivity contribution < 1.29 is 20.4 Å². The molecule has 0 spiro atoms. The second-order valence-corrected chi connectivity index (χ2v) is 4.31. The van der Waals surface area contributed by atoms with E-state index < -0.39 is 24.9 Å². The lowest BCUT2D eigenvalue weighted by molar-refractivity contribution is -0.0549. The standard InChI is InChI=1S/C8H16N6O4S2/c9-7(19)13-11-1-3(12-14-8(10)20)5(17)6(18)4(16)2-15/h1,4-6,15-18H,2H2,(H3,9,13,19)(H3,10,14,20)/b11-1+,12-3-/t4-,5+,6-/m0/s1. The fraction of sp³-hybridized carbons (Fsp3) is 0.500. The highest BCUT2D eigenvalue weighted by Gasteiger charge is 2.27. The lowest BCUT2D eigenvalue weighted by Gasteiger charge is -2.21. The van der Waals surface area contributed by atoms with Crippen LogP contribution in [0.15, 0.2) is 10.2 Å². The molecule has 0 radical (unpaired) electrons. The number of aliphatic hydroxyl groups is 4. The average molecular weight is 324 g/mol. The van der Waals surface area contributed by atoms with Crippen LogP contribution in [0.3, 0.4) is 0 Å². The molecule has 0 fully saturated rings. The van der Waals surface area contributed by atoms with Gasteiger partial charge in [0.2, 0.25) is 0 Å². The zero-order valence-corrected chi connectivity index (χ0v) is 11.8. The Balaban J connectivity index is 5.00. The van der Waals surface area contributed by atoms with Crippen LogP contribution in [0.1, 0.15) is 0 Å². The van der Waals surface area contributed by atoms with Gasteiger partial charge in [0.05, 0.1) is 12.8 Å². The third kappa shape index (κ3) is 7.22. The summed E-state index contributed by atoms with van der Waals surface area (Å²) >= 11 is 9.02. The molecule has 20 heavy (non-hydrogen) atoms. The molecule has 10 N–H and O–H groups in total. The van der Waals surface area contributed by atoms with Gasteiger partial charge in [-0.2, -0.15) is 10.2 Å². The SMILES string of the molecule is NC(=S)N/N=C(/C=N/NC(N)=S)[C@@H](O)[C@@H](O)[C@@H](O)CO. The highest BCUT2D eigenvalue weighted by atomic mass is 32.1. The number of thiocarbonyl (C=S) groups is 2. The Morgan fingerprint density at radius 1 is 1.15 bits per heavy atom. The topological polar surface area (TPSA) is 182 Å². The van der Waals surface area contributed by atoms with Crippen molar-refractivity contribution in [2.75, 3.05) is 6.61 Å². The van der Waals surface area contributed by atoms with Gasteiger partial charge >= 0.3 is 0 Å². The molecule has 0 aromatic carbocycles. The summed E-state index contributed by atoms with van der Waals surface area (Å²) in [5.41, 5.74) is 14.4. The molecule has 0 aromatic heterocycles. The largest absolute Gasteiger partial charge is 0.394 e. The number of nitrogens with zero attached hydrogens (tertiary/aromatic N) is 2. The van der Waals surface area contributed by atoms with Crippen molar-refractivity contribution in [3.05, 3.63) is 0 Å². The molecule has 0 amide bonds. The Hall–Kier alpha value is -1.44. The molecular formula is C8H16N6O4S2. The maximum absolute atomic E-state index is 9.80. The molecule has 0 unspecified atom stereocenters. The fourth-order valence-electron chi connectivity index (χ4n) is 0.946. The summed E-state index contributed by atoms with van der Waals surface area (Å²) in [6.07, 6.45) is -3.97. The number of hydrazone groups is 2. The molecular weight excluding hydrogens is 308 g/mol. The van der Waals surface area contributed by atoms with Crippen molar-refractivity contribution in [2.45, 2.75) is 18.3 Å². The highest BCUT2D eigenvalue weighted by Crippen LogP contribution is 2.01. The predicted octanol–water partition coefficient (Wildman–Crippen LogP) is -3.93. The minimum atomic E-state index is -1.71. The molecule has 0 saturated carbocycles. The molecule has 0 aromatic rings. The van der Waals surface area contributed by atoms with Crippen molar-refractivity contribution in [3.8, 4) is 0 Å². The van der Waals surface area contributed by atoms with Crippen LogP contribution in [0.25, 0.3) is 0 Å². The minimum Gasteiger partial charge on any atom is -0.394 e. The molecule has 0 bridgehead atoms. The maximum atomic E-state index is 9.80. The molecule has 114 valence electrons. The fourth-order valence-corrected chi connectivity index (χ4v) is 1.04. The number of hydrogen-bond donors (Lipinski definition) is 8. The number of aliphatic hydroxyl groups excluding tert-OH is 4. The molecule has 0 aliphatic heterocycles. The predicted molar refractivity (Wildman–Crippen MR) is 80.9 cm³/mol. The van der Waals surface area contributed by atoms with Crippen LogP contribution in [-0.4, -0.2) is 67.5 Å². The molecule has 0 aliphatic rings. The van der Waals surface area contributed by atoms with Gasteiger partial charge in [-0.15, -0.1) is 0 Å². The van der Waals surface area contributed by atoms with E-state index in [0.29, 0.717) is 0 Å². The van der Waals surface area contributed by atoms with Crippen molar-refractivity contribution >= 4 is 46.6 Å². The number of rotatable bonds is 7. The van der Waals surface area contributed by atoms with E-state index in [1.165, 1.54) is 0 Å². The Kier molecular flexibility index (Phi) is 8.78. The summed E-state index contributed by atoms with van der Waals surface area (Å²) in [7, 11) is 0. The van der Waals surface area contributed by atoms with Gasteiger partial charge < -0.3 is 31.9 Å². The Morgan fingerprint density at radius 2 is 1.70 bits per heavy atom. The Bertz CT molecular complexity index is 404. The van der Waals surface area contributed by atoms with Crippen LogP contribution in [0.2, 0.25) is 0 Å². The molecule has 0 aliphatic carbocycles. The van der Waals surface area contributed by atoms with E-state index in [1.807, 2.05) is 0 Å². The van der Waals surface area contributed by atoms with E-state index in [4.69, 9.17) is 16.6 Å². The molecule has 0 saturated heterocycles. The molecule has 12 heteroatoms. The summed E-state index contributed by atoms with van der Waals surface area (Å²) in [6, 6.07) is 0. The first kappa shape index (κ1) is 18.6. The number of hydrogen-bond acceptors (Lipinski definition) is 8. The quantitative estimate of drug-likeness (QED) is 0.131. The second-order valence-electron chi connectivity index (χ2n) is 3.43. The van der Waals surface area contributed by atoms with Gasteiger partial charge in [0, 0.05) is 0 Å². The van der Waals surface area contributed by atoms with Crippen LogP contribution in [0.5, 0.6) is 0 Å². The first-order chi connectivity index (χ1) is 9.29. The van der Waals surface area contributed by atoms with Crippen LogP contribution < -0.4 is 22.3 Å². The zero-order valence-electron chi connectivity index (χ0n) is 10.2. The Morgan fingerprint density at radius 3 is 2.15 bits per heavy atom. The molecule has 0 heterocycles. The minimum absolute atomic E-state index is 0.131. The van der Waals surface area contributed by atoms with E-state index >= 15 is 0 Å². The van der Waals surface area contributed by atoms with E-state index in [1.54, 1.807) is 0 Å². The third-order valence-corrected chi connectivity index (χ3v) is 2.06. The second kappa shape index (κ2) is 9.46. The van der Waals surface area contributed by atoms with Gasteiger partial charge in [-0.05, 0) is 24.4 Å². The van der Waals surface area contributed by atoms with Gasteiger partial charge in [0.15, 0.2) is 10.2 Å². The van der Waals surface area contributed by atoms with Gasteiger partial charge in [-0.25, -0.2) is 0 Å². The normalized spacial score (nSPS) is 16.5. The van der Waals surface area contributed by atoms with Crippen LogP contribution in [0, 0.1) is 0 Å². The van der Waals surface area contributed by atoms with Crippen LogP contribution in [-0.2, 0) is 0 Å². The number of nitrogens with one attached hydrogen (secondary N) is 2. The lowest BCUT2D eigenvalue weighted by Crippen LogP contribution is -2.45. The van der Waals surface area contributed by atoms with Crippen LogP contribution in [0.4, 0.5) is 0 Å². The summed E-state index contributed by atoms with van der Waals surface area (Å²) in [5, 5.41) is 44.1. The molecule has 0 rings (SSSR count). The van der Waals surface area contributed by atoms with Crippen LogP contribution >= 0.6 is 24.4 Å². The van der Waals surface area contributed by atoms with E-state index in [2.05, 4.69) is 45.5 Å². The number of nitrogens with two attached hydrogens (primary N) is 2. The van der Waals surface area contributed by atoms with Gasteiger partial charge in [0.25, 0.3) is 0 Å². The lowest BCUT2D eigenvalue weighted by atomic mass is 10.0. The summed E-state index contributed by atoms with van der Waals surface area (Å²) in [6.45, 7) is -0.753. The molecule has 3 atom stereocenters. The van der Waals surface area contributed by atoms with E-state index in [-0.39, 0.29) is 15.9 Å². The van der Waals surface area contributed by atoms with Gasteiger partial charge in [-0.3, -0.25) is 10.9 Å². The molecule has 10 nitrogen and oxygen atoms in total. The van der Waals surface area contributed by atoms with Gasteiger partial charge in [-0.1, -0.05) is 0 Å². The third-order valence-electron chi connectivity index (χ3n) is 1.87. The highest BCUT2D eigenvalue weighted by molar-refractivity contribution is 7.80.